The van der Waals surface area contributed by atoms with E-state index in [2.05, 4.69) is 48.7 Å². The maximum absolute atomic E-state index is 5.99. The minimum Gasteiger partial charge on any atom is -0.356 e. The zero-order valence-electron chi connectivity index (χ0n) is 12.5. The van der Waals surface area contributed by atoms with E-state index in [1.807, 2.05) is 6.07 Å². The molecule has 0 bridgehead atoms. The summed E-state index contributed by atoms with van der Waals surface area (Å²) >= 11 is 17.2. The van der Waals surface area contributed by atoms with Crippen LogP contribution < -0.4 is 10.6 Å². The van der Waals surface area contributed by atoms with E-state index in [1.165, 1.54) is 11.1 Å². The molecule has 0 saturated heterocycles. The first kappa shape index (κ1) is 17.1. The van der Waals surface area contributed by atoms with E-state index >= 15 is 0 Å². The molecule has 0 aromatic heterocycles. The van der Waals surface area contributed by atoms with Gasteiger partial charge in [-0.3, -0.25) is 0 Å². The summed E-state index contributed by atoms with van der Waals surface area (Å²) in [5.41, 5.74) is 3.32. The van der Waals surface area contributed by atoms with Gasteiger partial charge in [0.05, 0.1) is 16.1 Å². The van der Waals surface area contributed by atoms with E-state index in [4.69, 9.17) is 35.4 Å². The first-order valence-corrected chi connectivity index (χ1v) is 8.27. The summed E-state index contributed by atoms with van der Waals surface area (Å²) in [6, 6.07) is 14.0. The van der Waals surface area contributed by atoms with Gasteiger partial charge >= 0.3 is 0 Å². The highest BCUT2D eigenvalue weighted by Crippen LogP contribution is 2.25. The predicted octanol–water partition coefficient (Wildman–Crippen LogP) is 5.60. The molecule has 0 heterocycles. The fourth-order valence-electron chi connectivity index (χ4n) is 2.06. The van der Waals surface area contributed by atoms with E-state index in [0.717, 1.165) is 12.1 Å². The minimum atomic E-state index is 0.119. The molecule has 2 nitrogen and oxygen atoms in total. The van der Waals surface area contributed by atoms with E-state index in [0.29, 0.717) is 15.2 Å². The van der Waals surface area contributed by atoms with Gasteiger partial charge < -0.3 is 10.6 Å². The van der Waals surface area contributed by atoms with Gasteiger partial charge in [-0.2, -0.15) is 0 Å². The Hall–Kier alpha value is -1.29. The van der Waals surface area contributed by atoms with Gasteiger partial charge in [0.2, 0.25) is 0 Å². The molecular formula is C17H18Cl2N2S. The second-order valence-corrected chi connectivity index (χ2v) is 6.27. The van der Waals surface area contributed by atoms with Crippen molar-refractivity contribution in [3.8, 4) is 0 Å². The smallest absolute Gasteiger partial charge is 0.171 e. The van der Waals surface area contributed by atoms with E-state index in [9.17, 15) is 0 Å². The molecule has 2 aromatic rings. The Balaban J connectivity index is 1.96. The Labute approximate surface area is 146 Å². The van der Waals surface area contributed by atoms with Gasteiger partial charge in [0.1, 0.15) is 0 Å². The van der Waals surface area contributed by atoms with Crippen molar-refractivity contribution in [2.45, 2.75) is 26.3 Å². The lowest BCUT2D eigenvalue weighted by molar-refractivity contribution is 0.722. The summed E-state index contributed by atoms with van der Waals surface area (Å²) in [5.74, 6) is 0. The van der Waals surface area contributed by atoms with Crippen LogP contribution in [0, 0.1) is 0 Å². The number of anilines is 1. The number of hydrogen-bond acceptors (Lipinski definition) is 1. The van der Waals surface area contributed by atoms with Gasteiger partial charge in [-0.1, -0.05) is 54.4 Å². The Bertz CT molecular complexity index is 656. The van der Waals surface area contributed by atoms with Crippen molar-refractivity contribution in [3.63, 3.8) is 0 Å². The average molecular weight is 353 g/mol. The molecule has 1 atom stereocenters. The maximum Gasteiger partial charge on any atom is 0.171 e. The zero-order valence-corrected chi connectivity index (χ0v) is 14.8. The molecule has 0 amide bonds. The van der Waals surface area contributed by atoms with Crippen molar-refractivity contribution >= 4 is 46.2 Å². The Kier molecular flexibility index (Phi) is 6.07. The second-order valence-electron chi connectivity index (χ2n) is 5.04. The number of nitrogens with one attached hydrogen (secondary N) is 2. The van der Waals surface area contributed by atoms with Crippen molar-refractivity contribution in [1.82, 2.24) is 5.32 Å². The first-order valence-electron chi connectivity index (χ1n) is 7.11. The van der Waals surface area contributed by atoms with Gasteiger partial charge in [0.25, 0.3) is 0 Å². The molecule has 2 aromatic carbocycles. The molecule has 2 N–H and O–H groups in total. The lowest BCUT2D eigenvalue weighted by Crippen LogP contribution is -2.30. The molecule has 1 unspecified atom stereocenters. The molecule has 0 aliphatic heterocycles. The number of aryl methyl sites for hydroxylation is 1. The van der Waals surface area contributed by atoms with Crippen molar-refractivity contribution in [1.29, 1.82) is 0 Å². The van der Waals surface area contributed by atoms with E-state index < -0.39 is 0 Å². The maximum atomic E-state index is 5.99. The Morgan fingerprint density at radius 2 is 1.77 bits per heavy atom. The van der Waals surface area contributed by atoms with Gasteiger partial charge in [-0.15, -0.1) is 0 Å². The molecule has 0 saturated carbocycles. The number of benzene rings is 2. The summed E-state index contributed by atoms with van der Waals surface area (Å²) in [4.78, 5) is 0. The van der Waals surface area contributed by atoms with Crippen molar-refractivity contribution in [3.05, 3.63) is 63.6 Å². The number of thiocarbonyl (C=S) groups is 1. The van der Waals surface area contributed by atoms with Gasteiger partial charge in [0.15, 0.2) is 5.11 Å². The standard InChI is InChI=1S/C17H18Cl2N2S/c1-3-12-4-6-13(7-5-12)11(2)20-17(22)21-14-8-9-15(18)16(19)10-14/h4-11H,3H2,1-2H3,(H2,20,21,22). The number of halogens is 2. The SMILES string of the molecule is CCc1ccc(C(C)NC(=S)Nc2ccc(Cl)c(Cl)c2)cc1. The number of hydrogen-bond donors (Lipinski definition) is 2. The van der Waals surface area contributed by atoms with Gasteiger partial charge in [-0.25, -0.2) is 0 Å². The van der Waals surface area contributed by atoms with Crippen LogP contribution in [0.4, 0.5) is 5.69 Å². The molecule has 22 heavy (non-hydrogen) atoms. The Morgan fingerprint density at radius 3 is 2.36 bits per heavy atom. The molecule has 0 radical (unpaired) electrons. The van der Waals surface area contributed by atoms with Crippen molar-refractivity contribution in [2.24, 2.45) is 0 Å². The quantitative estimate of drug-likeness (QED) is 0.699. The van der Waals surface area contributed by atoms with Crippen LogP contribution in [0.1, 0.15) is 31.0 Å². The third kappa shape index (κ3) is 4.60. The first-order chi connectivity index (χ1) is 10.5. The van der Waals surface area contributed by atoms with E-state index in [-0.39, 0.29) is 6.04 Å². The van der Waals surface area contributed by atoms with Crippen LogP contribution in [0.25, 0.3) is 0 Å². The molecule has 0 fully saturated rings. The van der Waals surface area contributed by atoms with Crippen LogP contribution in [0.3, 0.4) is 0 Å². The van der Waals surface area contributed by atoms with Crippen LogP contribution >= 0.6 is 35.4 Å². The molecule has 0 aliphatic carbocycles. The molecule has 5 heteroatoms. The summed E-state index contributed by atoms with van der Waals surface area (Å²) < 4.78 is 0. The highest BCUT2D eigenvalue weighted by molar-refractivity contribution is 7.80. The normalized spacial score (nSPS) is 11.8. The summed E-state index contributed by atoms with van der Waals surface area (Å²) in [5, 5.41) is 7.94. The predicted molar refractivity (Wildman–Crippen MR) is 100 cm³/mol. The molecule has 116 valence electrons. The summed E-state index contributed by atoms with van der Waals surface area (Å²) in [6.45, 7) is 4.22. The van der Waals surface area contributed by atoms with Gasteiger partial charge in [-0.05, 0) is 54.9 Å². The fraction of sp³-hybridized carbons (Fsp3) is 0.235. The Morgan fingerprint density at radius 1 is 1.09 bits per heavy atom. The summed E-state index contributed by atoms with van der Waals surface area (Å²) in [7, 11) is 0. The van der Waals surface area contributed by atoms with E-state index in [1.54, 1.807) is 12.1 Å². The average Bonchev–Trinajstić information content (AvgIpc) is 2.51. The second kappa shape index (κ2) is 7.82. The van der Waals surface area contributed by atoms with Crippen LogP contribution in [-0.4, -0.2) is 5.11 Å². The highest BCUT2D eigenvalue weighted by Gasteiger charge is 2.08. The number of rotatable bonds is 4. The monoisotopic (exact) mass is 352 g/mol. The molecule has 0 aliphatic rings. The van der Waals surface area contributed by atoms with Crippen LogP contribution in [0.15, 0.2) is 42.5 Å². The fourth-order valence-corrected chi connectivity index (χ4v) is 2.66. The van der Waals surface area contributed by atoms with Crippen LogP contribution in [-0.2, 0) is 6.42 Å². The third-order valence-electron chi connectivity index (χ3n) is 3.41. The lowest BCUT2D eigenvalue weighted by Gasteiger charge is -2.18. The lowest BCUT2D eigenvalue weighted by atomic mass is 10.1. The van der Waals surface area contributed by atoms with Crippen molar-refractivity contribution < 1.29 is 0 Å². The molecular weight excluding hydrogens is 335 g/mol. The zero-order chi connectivity index (χ0) is 16.1. The molecule has 0 spiro atoms. The van der Waals surface area contributed by atoms with Crippen molar-refractivity contribution in [2.75, 3.05) is 5.32 Å². The largest absolute Gasteiger partial charge is 0.356 e. The minimum absolute atomic E-state index is 0.119. The summed E-state index contributed by atoms with van der Waals surface area (Å²) in [6.07, 6.45) is 1.04. The topological polar surface area (TPSA) is 24.1 Å². The highest BCUT2D eigenvalue weighted by atomic mass is 35.5. The molecule has 2 rings (SSSR count). The third-order valence-corrected chi connectivity index (χ3v) is 4.37. The van der Waals surface area contributed by atoms with Crippen LogP contribution in [0.5, 0.6) is 0 Å². The van der Waals surface area contributed by atoms with Crippen LogP contribution in [0.2, 0.25) is 10.0 Å². The van der Waals surface area contributed by atoms with Gasteiger partial charge in [0, 0.05) is 5.69 Å².